The summed E-state index contributed by atoms with van der Waals surface area (Å²) in [5.74, 6) is 3.54. The van der Waals surface area contributed by atoms with E-state index in [1.165, 1.54) is 74.7 Å². The lowest BCUT2D eigenvalue weighted by Crippen LogP contribution is -2.46. The van der Waals surface area contributed by atoms with Crippen LogP contribution in [-0.4, -0.2) is 63.0 Å². The minimum absolute atomic E-state index is 0.331. The van der Waals surface area contributed by atoms with Gasteiger partial charge in [0.1, 0.15) is 6.17 Å². The first-order chi connectivity index (χ1) is 25.5. The highest BCUT2D eigenvalue weighted by atomic mass is 33.1. The monoisotopic (exact) mass is 727 g/mol. The summed E-state index contributed by atoms with van der Waals surface area (Å²) in [6, 6.07) is 35.8. The Labute approximate surface area is 317 Å². The summed E-state index contributed by atoms with van der Waals surface area (Å²) >= 11 is 0. The predicted octanol–water partition coefficient (Wildman–Crippen LogP) is 9.21. The molecule has 1 atom stereocenters. The first kappa shape index (κ1) is 34.8. The summed E-state index contributed by atoms with van der Waals surface area (Å²) in [5.41, 5.74) is 13.4. The Morgan fingerprint density at radius 2 is 1.31 bits per heavy atom. The highest BCUT2D eigenvalue weighted by Crippen LogP contribution is 2.44. The number of anilines is 4. The van der Waals surface area contributed by atoms with Crippen LogP contribution >= 0.6 is 21.6 Å². The van der Waals surface area contributed by atoms with Gasteiger partial charge in [-0.2, -0.15) is 0 Å². The fourth-order valence-electron chi connectivity index (χ4n) is 8.37. The lowest BCUT2D eigenvalue weighted by Gasteiger charge is -2.37. The van der Waals surface area contributed by atoms with Crippen molar-refractivity contribution in [1.82, 2.24) is 4.57 Å². The van der Waals surface area contributed by atoms with E-state index in [4.69, 9.17) is 0 Å². The molecule has 1 unspecified atom stereocenters. The van der Waals surface area contributed by atoms with Gasteiger partial charge >= 0.3 is 0 Å². The molecular weight excluding hydrogens is 677 g/mol. The van der Waals surface area contributed by atoms with E-state index in [-0.39, 0.29) is 0 Å². The van der Waals surface area contributed by atoms with Crippen LogP contribution in [0.15, 0.2) is 103 Å². The minimum Gasteiger partial charge on any atom is -0.374 e. The molecule has 8 heteroatoms. The molecule has 6 nitrogen and oxygen atoms in total. The van der Waals surface area contributed by atoms with Crippen LogP contribution in [0.3, 0.4) is 0 Å². The molecule has 0 spiro atoms. The third-order valence-corrected chi connectivity index (χ3v) is 13.5. The van der Waals surface area contributed by atoms with Crippen LogP contribution in [0, 0.1) is 0 Å². The van der Waals surface area contributed by atoms with E-state index >= 15 is 0 Å². The zero-order chi connectivity index (χ0) is 35.6. The lowest BCUT2D eigenvalue weighted by atomic mass is 9.98. The number of hydrogen-bond donors (Lipinski definition) is 0. The first-order valence-corrected chi connectivity index (χ1v) is 21.3. The van der Waals surface area contributed by atoms with Gasteiger partial charge in [-0.25, -0.2) is 9.13 Å². The van der Waals surface area contributed by atoms with Crippen LogP contribution < -0.4 is 24.2 Å². The number of aromatic nitrogens is 2. The largest absolute Gasteiger partial charge is 0.374 e. The number of likely N-dealkylation sites (N-methyl/N-ethyl adjacent to an activating group) is 1. The molecule has 0 aliphatic carbocycles. The molecule has 0 amide bonds. The van der Waals surface area contributed by atoms with Crippen LogP contribution in [0.4, 0.5) is 22.7 Å². The molecule has 1 fully saturated rings. The first-order valence-electron chi connectivity index (χ1n) is 18.8. The van der Waals surface area contributed by atoms with Crippen molar-refractivity contribution in [3.05, 3.63) is 120 Å². The number of para-hydroxylation sites is 4. The van der Waals surface area contributed by atoms with Crippen molar-refractivity contribution in [1.29, 1.82) is 0 Å². The number of benzene rings is 4. The molecule has 1 aromatic heterocycles. The molecule has 1 saturated heterocycles. The summed E-state index contributed by atoms with van der Waals surface area (Å²) in [4.78, 5) is 9.78. The van der Waals surface area contributed by atoms with E-state index in [0.717, 1.165) is 50.5 Å². The Morgan fingerprint density at radius 3 is 2.00 bits per heavy atom. The molecule has 52 heavy (non-hydrogen) atoms. The number of aryl methyl sites for hydroxylation is 2. The normalized spacial score (nSPS) is 18.2. The van der Waals surface area contributed by atoms with E-state index in [1.807, 2.05) is 21.6 Å². The molecule has 4 aromatic carbocycles. The zero-order valence-electron chi connectivity index (χ0n) is 31.0. The fraction of sp³-hybridized carbons (Fsp3) is 0.341. The quantitative estimate of drug-likeness (QED) is 0.0764. The van der Waals surface area contributed by atoms with Crippen LogP contribution in [0.5, 0.6) is 0 Å². The summed E-state index contributed by atoms with van der Waals surface area (Å²) in [6.07, 6.45) is 9.81. The molecule has 0 N–H and O–H groups in total. The molecule has 3 aliphatic rings. The van der Waals surface area contributed by atoms with E-state index in [9.17, 15) is 0 Å². The second-order valence-electron chi connectivity index (χ2n) is 14.5. The third-order valence-electron chi connectivity index (χ3n) is 11.1. The van der Waals surface area contributed by atoms with Gasteiger partial charge in [0.25, 0.3) is 5.82 Å². The van der Waals surface area contributed by atoms with Crippen molar-refractivity contribution in [2.45, 2.75) is 38.4 Å². The van der Waals surface area contributed by atoms with Gasteiger partial charge in [0.05, 0.1) is 25.0 Å². The van der Waals surface area contributed by atoms with Gasteiger partial charge in [-0.15, -0.1) is 0 Å². The van der Waals surface area contributed by atoms with E-state index in [0.29, 0.717) is 6.17 Å². The minimum atomic E-state index is 0.331. The zero-order valence-corrected chi connectivity index (χ0v) is 32.7. The summed E-state index contributed by atoms with van der Waals surface area (Å²) in [5, 5.41) is 0. The third kappa shape index (κ3) is 6.95. The average molecular weight is 728 g/mol. The molecule has 8 rings (SSSR count). The Hall–Kier alpha value is -4.27. The Balaban J connectivity index is 0.784. The van der Waals surface area contributed by atoms with Crippen molar-refractivity contribution >= 4 is 73.1 Å². The molecule has 3 aliphatic heterocycles. The van der Waals surface area contributed by atoms with Gasteiger partial charge in [0.15, 0.2) is 11.0 Å². The van der Waals surface area contributed by atoms with Crippen LogP contribution in [-0.2, 0) is 13.6 Å². The van der Waals surface area contributed by atoms with Crippen molar-refractivity contribution < 1.29 is 4.57 Å². The smallest absolute Gasteiger partial charge is 0.285 e. The molecule has 268 valence electrons. The maximum absolute atomic E-state index is 2.58. The average Bonchev–Trinajstić information content (AvgIpc) is 3.65. The Bertz CT molecular complexity index is 2080. The maximum Gasteiger partial charge on any atom is 0.285 e. The van der Waals surface area contributed by atoms with Gasteiger partial charge in [0, 0.05) is 69.2 Å². The number of nitrogens with zero attached hydrogens (tertiary/aromatic N) is 6. The van der Waals surface area contributed by atoms with E-state index < -0.39 is 0 Å². The van der Waals surface area contributed by atoms with Crippen molar-refractivity contribution in [3.8, 4) is 0 Å². The highest BCUT2D eigenvalue weighted by molar-refractivity contribution is 8.76. The number of hydrogen-bond acceptors (Lipinski definition) is 6. The van der Waals surface area contributed by atoms with Gasteiger partial charge in [-0.05, 0) is 97.0 Å². The summed E-state index contributed by atoms with van der Waals surface area (Å²) in [7, 11) is 12.8. The Morgan fingerprint density at radius 1 is 0.712 bits per heavy atom. The van der Waals surface area contributed by atoms with E-state index in [1.54, 1.807) is 0 Å². The second kappa shape index (κ2) is 15.4. The topological polar surface area (TPSA) is 21.8 Å². The number of piperidine rings is 1. The SMILES string of the molecule is CN(CCSSCCN(C)c1ccc(/C=C2\CCCN3c4ccccc4N(C)C23)cc1)c1ccc(/C=C2\CCCn3c2[n+](C)c2ccccc23)cc1. The van der Waals surface area contributed by atoms with E-state index in [2.05, 4.69) is 166 Å². The molecule has 0 saturated carbocycles. The Kier molecular flexibility index (Phi) is 10.3. The number of rotatable bonds is 11. The van der Waals surface area contributed by atoms with Crippen molar-refractivity contribution in [2.75, 3.05) is 71.9 Å². The number of allylic oxidation sites excluding steroid dienone is 1. The van der Waals surface area contributed by atoms with Gasteiger partial charge in [0.2, 0.25) is 0 Å². The van der Waals surface area contributed by atoms with Gasteiger partial charge < -0.3 is 19.6 Å². The van der Waals surface area contributed by atoms with Crippen molar-refractivity contribution in [3.63, 3.8) is 0 Å². The summed E-state index contributed by atoms with van der Waals surface area (Å²) in [6.45, 7) is 4.28. The molecule has 5 aromatic rings. The number of imidazole rings is 1. The molecule has 4 heterocycles. The maximum atomic E-state index is 2.58. The molecule has 0 bridgehead atoms. The molecule has 0 radical (unpaired) electrons. The van der Waals surface area contributed by atoms with Gasteiger partial charge in [-0.1, -0.05) is 76.2 Å². The predicted molar refractivity (Wildman–Crippen MR) is 228 cm³/mol. The van der Waals surface area contributed by atoms with Gasteiger partial charge in [-0.3, -0.25) is 0 Å². The second-order valence-corrected chi connectivity index (χ2v) is 17.2. The standard InChI is InChI=1S/C44H51N6S2/c1-45(37-21-17-33(18-22-37)31-35-11-9-25-49-41-15-7-5-13-39(41)47(3)43(35)49)27-29-51-52-30-28-46(2)38-23-19-34(20-24-38)32-36-12-10-26-50-42-16-8-6-14-40(42)48(4)44(36)50/h5-8,13-24,31-32,43H,9-12,25-30H2,1-4H3/q+1/b35-31+. The lowest BCUT2D eigenvalue weighted by molar-refractivity contribution is -0.648. The fourth-order valence-corrected chi connectivity index (χ4v) is 10.5. The highest BCUT2D eigenvalue weighted by Gasteiger charge is 2.37. The summed E-state index contributed by atoms with van der Waals surface area (Å²) < 4.78 is 4.86. The van der Waals surface area contributed by atoms with Crippen LogP contribution in [0.1, 0.15) is 42.6 Å². The van der Waals surface area contributed by atoms with Crippen LogP contribution in [0.25, 0.3) is 28.8 Å². The van der Waals surface area contributed by atoms with Crippen molar-refractivity contribution in [2.24, 2.45) is 7.05 Å². The molecular formula is C44H51N6S2+. The van der Waals surface area contributed by atoms with Crippen LogP contribution in [0.2, 0.25) is 0 Å². The number of fused-ring (bicyclic) bond motifs is 6.